The van der Waals surface area contributed by atoms with Crippen molar-refractivity contribution in [2.24, 2.45) is 0 Å². The average molecular weight is 264 g/mol. The summed E-state index contributed by atoms with van der Waals surface area (Å²) in [5.41, 5.74) is 1.20. The fraction of sp³-hybridized carbons (Fsp3) is 0.0909. The summed E-state index contributed by atoms with van der Waals surface area (Å²) in [6.07, 6.45) is 5.03. The van der Waals surface area contributed by atoms with Crippen LogP contribution in [0.1, 0.15) is 5.56 Å². The molecule has 0 aliphatic heterocycles. The van der Waals surface area contributed by atoms with Gasteiger partial charge in [-0.3, -0.25) is 4.98 Å². The van der Waals surface area contributed by atoms with Crippen LogP contribution in [0.15, 0.2) is 47.3 Å². The van der Waals surface area contributed by atoms with Crippen molar-refractivity contribution in [3.63, 3.8) is 0 Å². The summed E-state index contributed by atoms with van der Waals surface area (Å²) in [5.74, 6) is 0.789. The van der Waals surface area contributed by atoms with E-state index in [1.165, 1.54) is 5.56 Å². The molecule has 0 aliphatic carbocycles. The molecule has 2 aromatic rings. The van der Waals surface area contributed by atoms with E-state index in [9.17, 15) is 0 Å². The van der Waals surface area contributed by atoms with E-state index in [0.717, 1.165) is 16.8 Å². The molecule has 0 saturated heterocycles. The normalized spacial score (nSPS) is 9.93. The summed E-state index contributed by atoms with van der Waals surface area (Å²) >= 11 is 3.43. The van der Waals surface area contributed by atoms with Gasteiger partial charge in [0.2, 0.25) is 0 Å². The largest absolute Gasteiger partial charge is 0.365 e. The number of aromatic nitrogens is 2. The minimum absolute atomic E-state index is 0.748. The van der Waals surface area contributed by atoms with Gasteiger partial charge in [0, 0.05) is 23.4 Å². The van der Waals surface area contributed by atoms with Gasteiger partial charge in [0.15, 0.2) is 0 Å². The van der Waals surface area contributed by atoms with E-state index >= 15 is 0 Å². The summed E-state index contributed by atoms with van der Waals surface area (Å²) in [5, 5.41) is 3.19. The second kappa shape index (κ2) is 4.89. The second-order valence-electron chi connectivity index (χ2n) is 3.07. The Morgan fingerprint density at radius 1 is 1.27 bits per heavy atom. The van der Waals surface area contributed by atoms with Crippen molar-refractivity contribution in [2.75, 3.05) is 5.32 Å². The fourth-order valence-electron chi connectivity index (χ4n) is 1.23. The van der Waals surface area contributed by atoms with Crippen LogP contribution in [0.3, 0.4) is 0 Å². The van der Waals surface area contributed by atoms with Gasteiger partial charge in [-0.15, -0.1) is 0 Å². The van der Waals surface area contributed by atoms with Crippen LogP contribution in [0, 0.1) is 0 Å². The van der Waals surface area contributed by atoms with Gasteiger partial charge in [-0.2, -0.15) is 0 Å². The lowest BCUT2D eigenvalue weighted by molar-refractivity contribution is 1.08. The molecule has 1 heterocycles. The molecular formula is C11H10BrN3. The first-order chi connectivity index (χ1) is 7.34. The Morgan fingerprint density at radius 3 is 2.93 bits per heavy atom. The molecule has 3 nitrogen and oxygen atoms in total. The highest BCUT2D eigenvalue weighted by Crippen LogP contribution is 2.12. The van der Waals surface area contributed by atoms with E-state index in [1.807, 2.05) is 12.1 Å². The van der Waals surface area contributed by atoms with Crippen LogP contribution in [0.5, 0.6) is 0 Å². The van der Waals surface area contributed by atoms with Crippen molar-refractivity contribution >= 4 is 21.7 Å². The molecule has 4 heteroatoms. The fourth-order valence-corrected chi connectivity index (χ4v) is 1.68. The topological polar surface area (TPSA) is 37.8 Å². The third kappa shape index (κ3) is 3.02. The van der Waals surface area contributed by atoms with Gasteiger partial charge in [0.25, 0.3) is 0 Å². The quantitative estimate of drug-likeness (QED) is 0.926. The summed E-state index contributed by atoms with van der Waals surface area (Å²) in [6.45, 7) is 0.748. The van der Waals surface area contributed by atoms with Crippen LogP contribution < -0.4 is 5.32 Å². The Kier molecular flexibility index (Phi) is 3.29. The van der Waals surface area contributed by atoms with E-state index in [2.05, 4.69) is 43.3 Å². The zero-order valence-electron chi connectivity index (χ0n) is 8.02. The molecule has 1 N–H and O–H groups in total. The lowest BCUT2D eigenvalue weighted by atomic mass is 10.2. The molecule has 0 unspecified atom stereocenters. The lowest BCUT2D eigenvalue weighted by Crippen LogP contribution is -2.01. The number of anilines is 1. The highest BCUT2D eigenvalue weighted by Gasteiger charge is 1.95. The smallest absolute Gasteiger partial charge is 0.144 e. The molecule has 0 bridgehead atoms. The van der Waals surface area contributed by atoms with Crippen LogP contribution >= 0.6 is 15.9 Å². The number of nitrogens with one attached hydrogen (secondary N) is 1. The molecule has 0 aliphatic rings. The Morgan fingerprint density at radius 2 is 2.20 bits per heavy atom. The Balaban J connectivity index is 1.99. The van der Waals surface area contributed by atoms with Crippen molar-refractivity contribution in [3.8, 4) is 0 Å². The number of nitrogens with zero attached hydrogens (tertiary/aromatic N) is 2. The van der Waals surface area contributed by atoms with E-state index in [-0.39, 0.29) is 0 Å². The van der Waals surface area contributed by atoms with E-state index in [4.69, 9.17) is 0 Å². The van der Waals surface area contributed by atoms with E-state index < -0.39 is 0 Å². The molecule has 0 radical (unpaired) electrons. The van der Waals surface area contributed by atoms with Gasteiger partial charge in [-0.1, -0.05) is 28.1 Å². The maximum atomic E-state index is 4.13. The zero-order chi connectivity index (χ0) is 10.5. The van der Waals surface area contributed by atoms with Gasteiger partial charge in [0.1, 0.15) is 5.82 Å². The SMILES string of the molecule is Brc1cccc(CNc2cnccn2)c1. The van der Waals surface area contributed by atoms with Gasteiger partial charge < -0.3 is 5.32 Å². The van der Waals surface area contributed by atoms with Crippen molar-refractivity contribution in [2.45, 2.75) is 6.54 Å². The van der Waals surface area contributed by atoms with Crippen molar-refractivity contribution in [3.05, 3.63) is 52.9 Å². The molecule has 0 amide bonds. The third-order valence-corrected chi connectivity index (χ3v) is 2.42. The van der Waals surface area contributed by atoms with Gasteiger partial charge >= 0.3 is 0 Å². The molecule has 76 valence electrons. The molecule has 15 heavy (non-hydrogen) atoms. The van der Waals surface area contributed by atoms with Crippen LogP contribution in [0.2, 0.25) is 0 Å². The molecule has 1 aromatic heterocycles. The van der Waals surface area contributed by atoms with Crippen LogP contribution in [0.25, 0.3) is 0 Å². The summed E-state index contributed by atoms with van der Waals surface area (Å²) in [4.78, 5) is 8.11. The lowest BCUT2D eigenvalue weighted by Gasteiger charge is -2.04. The third-order valence-electron chi connectivity index (χ3n) is 1.93. The highest BCUT2D eigenvalue weighted by atomic mass is 79.9. The molecule has 0 spiro atoms. The van der Waals surface area contributed by atoms with Gasteiger partial charge in [-0.25, -0.2) is 4.98 Å². The molecule has 2 rings (SSSR count). The number of hydrogen-bond donors (Lipinski definition) is 1. The Labute approximate surface area is 96.7 Å². The highest BCUT2D eigenvalue weighted by molar-refractivity contribution is 9.10. The molecule has 0 fully saturated rings. The molecule has 1 aromatic carbocycles. The van der Waals surface area contributed by atoms with Crippen molar-refractivity contribution in [1.29, 1.82) is 0 Å². The van der Waals surface area contributed by atoms with Gasteiger partial charge in [-0.05, 0) is 17.7 Å². The monoisotopic (exact) mass is 263 g/mol. The summed E-state index contributed by atoms with van der Waals surface area (Å²) in [6, 6.07) is 8.15. The first-order valence-corrected chi connectivity index (χ1v) is 5.38. The first kappa shape index (κ1) is 10.1. The Bertz CT molecular complexity index is 431. The standard InChI is InChI=1S/C11H10BrN3/c12-10-3-1-2-9(6-10)7-15-11-8-13-4-5-14-11/h1-6,8H,7H2,(H,14,15). The van der Waals surface area contributed by atoms with Crippen LogP contribution in [-0.2, 0) is 6.54 Å². The number of benzene rings is 1. The van der Waals surface area contributed by atoms with Crippen molar-refractivity contribution in [1.82, 2.24) is 9.97 Å². The zero-order valence-corrected chi connectivity index (χ0v) is 9.61. The molecule has 0 atom stereocenters. The van der Waals surface area contributed by atoms with Crippen molar-refractivity contribution < 1.29 is 0 Å². The molecule has 0 saturated carbocycles. The predicted octanol–water partition coefficient (Wildman–Crippen LogP) is 2.85. The average Bonchev–Trinajstić information content (AvgIpc) is 2.28. The predicted molar refractivity (Wildman–Crippen MR) is 63.5 cm³/mol. The minimum atomic E-state index is 0.748. The van der Waals surface area contributed by atoms with E-state index in [0.29, 0.717) is 0 Å². The maximum Gasteiger partial charge on any atom is 0.144 e. The minimum Gasteiger partial charge on any atom is -0.365 e. The summed E-state index contributed by atoms with van der Waals surface area (Å²) < 4.78 is 1.08. The first-order valence-electron chi connectivity index (χ1n) is 4.59. The second-order valence-corrected chi connectivity index (χ2v) is 3.99. The molecular weight excluding hydrogens is 254 g/mol. The number of rotatable bonds is 3. The summed E-state index contributed by atoms with van der Waals surface area (Å²) in [7, 11) is 0. The number of halogens is 1. The van der Waals surface area contributed by atoms with Crippen LogP contribution in [-0.4, -0.2) is 9.97 Å². The van der Waals surface area contributed by atoms with Crippen LogP contribution in [0.4, 0.5) is 5.82 Å². The Hall–Kier alpha value is -1.42. The number of hydrogen-bond acceptors (Lipinski definition) is 3. The maximum absolute atomic E-state index is 4.13. The van der Waals surface area contributed by atoms with Gasteiger partial charge in [0.05, 0.1) is 6.20 Å². The van der Waals surface area contributed by atoms with E-state index in [1.54, 1.807) is 18.6 Å².